The normalized spacial score (nSPS) is 10.7. The summed E-state index contributed by atoms with van der Waals surface area (Å²) in [5.74, 6) is 0.613. The predicted molar refractivity (Wildman–Crippen MR) is 62.0 cm³/mol. The van der Waals surface area contributed by atoms with Crippen LogP contribution < -0.4 is 5.56 Å². The molecule has 96 valence electrons. The summed E-state index contributed by atoms with van der Waals surface area (Å²) in [6.07, 6.45) is 0.566. The molecule has 0 fully saturated rings. The van der Waals surface area contributed by atoms with Gasteiger partial charge in [0.15, 0.2) is 0 Å². The van der Waals surface area contributed by atoms with Crippen molar-refractivity contribution in [2.45, 2.75) is 13.0 Å². The number of methoxy groups -OCH3 is 2. The summed E-state index contributed by atoms with van der Waals surface area (Å²) in [7, 11) is 3.19. The van der Waals surface area contributed by atoms with Crippen LogP contribution in [0.1, 0.15) is 11.5 Å². The van der Waals surface area contributed by atoms with Crippen LogP contribution in [-0.4, -0.2) is 44.0 Å². The van der Waals surface area contributed by atoms with Gasteiger partial charge in [-0.3, -0.25) is 4.79 Å². The highest BCUT2D eigenvalue weighted by Gasteiger charge is 2.01. The summed E-state index contributed by atoms with van der Waals surface area (Å²) in [5.41, 5.74) is 0.460. The summed E-state index contributed by atoms with van der Waals surface area (Å²) in [4.78, 5) is 18.2. The molecule has 0 amide bonds. The number of hydrogen-bond donors (Lipinski definition) is 1. The number of nitrogens with zero attached hydrogens (tertiary/aromatic N) is 1. The van der Waals surface area contributed by atoms with Crippen molar-refractivity contribution in [3.63, 3.8) is 0 Å². The average Bonchev–Trinajstić information content (AvgIpc) is 2.28. The number of aromatic amines is 1. The average molecular weight is 242 g/mol. The summed E-state index contributed by atoms with van der Waals surface area (Å²) in [5, 5.41) is 0. The molecular weight excluding hydrogens is 224 g/mol. The van der Waals surface area contributed by atoms with Crippen molar-refractivity contribution in [2.24, 2.45) is 0 Å². The Kier molecular flexibility index (Phi) is 6.46. The Morgan fingerprint density at radius 2 is 2.06 bits per heavy atom. The van der Waals surface area contributed by atoms with Crippen LogP contribution in [0.5, 0.6) is 0 Å². The van der Waals surface area contributed by atoms with Gasteiger partial charge in [-0.1, -0.05) is 0 Å². The molecule has 0 aliphatic carbocycles. The second kappa shape index (κ2) is 7.94. The first-order valence-electron chi connectivity index (χ1n) is 5.41. The molecule has 1 heterocycles. The molecule has 6 nitrogen and oxygen atoms in total. The molecule has 0 bridgehead atoms. The molecule has 1 rings (SSSR count). The second-order valence-electron chi connectivity index (χ2n) is 3.47. The highest BCUT2D eigenvalue weighted by atomic mass is 16.5. The molecule has 0 radical (unpaired) electrons. The van der Waals surface area contributed by atoms with E-state index in [1.807, 2.05) is 0 Å². The smallest absolute Gasteiger partial charge is 0.251 e. The number of rotatable bonds is 8. The van der Waals surface area contributed by atoms with Gasteiger partial charge in [0.1, 0.15) is 5.82 Å². The van der Waals surface area contributed by atoms with Gasteiger partial charge in [-0.05, 0) is 0 Å². The molecule has 0 aliphatic heterocycles. The van der Waals surface area contributed by atoms with Gasteiger partial charge in [0.2, 0.25) is 0 Å². The largest absolute Gasteiger partial charge is 0.382 e. The third-order valence-electron chi connectivity index (χ3n) is 2.05. The van der Waals surface area contributed by atoms with Crippen LogP contribution in [0.15, 0.2) is 10.9 Å². The van der Waals surface area contributed by atoms with Crippen LogP contribution in [0.2, 0.25) is 0 Å². The van der Waals surface area contributed by atoms with Gasteiger partial charge < -0.3 is 19.2 Å². The Labute approximate surface area is 99.9 Å². The Morgan fingerprint density at radius 1 is 1.24 bits per heavy atom. The van der Waals surface area contributed by atoms with Crippen LogP contribution in [-0.2, 0) is 27.2 Å². The van der Waals surface area contributed by atoms with E-state index in [0.717, 1.165) is 0 Å². The van der Waals surface area contributed by atoms with E-state index in [2.05, 4.69) is 9.97 Å². The fraction of sp³-hybridized carbons (Fsp3) is 0.636. The summed E-state index contributed by atoms with van der Waals surface area (Å²) in [6, 6.07) is 1.43. The van der Waals surface area contributed by atoms with Crippen LogP contribution in [0.3, 0.4) is 0 Å². The van der Waals surface area contributed by atoms with E-state index in [4.69, 9.17) is 14.2 Å². The van der Waals surface area contributed by atoms with Crippen molar-refractivity contribution >= 4 is 0 Å². The lowest BCUT2D eigenvalue weighted by Gasteiger charge is -2.05. The number of aromatic nitrogens is 2. The molecule has 6 heteroatoms. The lowest BCUT2D eigenvalue weighted by Crippen LogP contribution is -2.15. The van der Waals surface area contributed by atoms with E-state index in [0.29, 0.717) is 44.4 Å². The molecule has 0 spiro atoms. The fourth-order valence-corrected chi connectivity index (χ4v) is 1.32. The van der Waals surface area contributed by atoms with Crippen molar-refractivity contribution in [2.75, 3.05) is 34.0 Å². The maximum absolute atomic E-state index is 11.3. The minimum atomic E-state index is -0.168. The summed E-state index contributed by atoms with van der Waals surface area (Å²) >= 11 is 0. The number of ether oxygens (including phenoxy) is 3. The minimum Gasteiger partial charge on any atom is -0.382 e. The third-order valence-corrected chi connectivity index (χ3v) is 2.05. The van der Waals surface area contributed by atoms with Crippen molar-refractivity contribution in [1.82, 2.24) is 9.97 Å². The molecule has 1 aromatic heterocycles. The molecule has 0 saturated carbocycles. The van der Waals surface area contributed by atoms with Crippen LogP contribution in [0.25, 0.3) is 0 Å². The molecule has 17 heavy (non-hydrogen) atoms. The maximum Gasteiger partial charge on any atom is 0.251 e. The molecule has 0 aromatic carbocycles. The van der Waals surface area contributed by atoms with E-state index in [1.165, 1.54) is 6.07 Å². The number of H-pyrrole nitrogens is 1. The highest BCUT2D eigenvalue weighted by Crippen LogP contribution is 1.95. The lowest BCUT2D eigenvalue weighted by atomic mass is 10.3. The molecular formula is C11H18N2O4. The van der Waals surface area contributed by atoms with Gasteiger partial charge in [-0.25, -0.2) is 4.98 Å². The van der Waals surface area contributed by atoms with Gasteiger partial charge in [-0.2, -0.15) is 0 Å². The zero-order chi connectivity index (χ0) is 12.5. The van der Waals surface area contributed by atoms with Gasteiger partial charge >= 0.3 is 0 Å². The Balaban J connectivity index is 2.44. The van der Waals surface area contributed by atoms with Gasteiger partial charge in [-0.15, -0.1) is 0 Å². The molecule has 0 atom stereocenters. The van der Waals surface area contributed by atoms with E-state index in [1.54, 1.807) is 14.2 Å². The first-order valence-corrected chi connectivity index (χ1v) is 5.41. The Hall–Kier alpha value is -1.24. The first-order chi connectivity index (χ1) is 8.26. The topological polar surface area (TPSA) is 73.4 Å². The standard InChI is InChI=1S/C11H18N2O4/c1-15-5-6-17-4-3-10-12-9(8-16-2)7-11(14)13-10/h7H,3-6,8H2,1-2H3,(H,12,13,14). The minimum absolute atomic E-state index is 0.168. The van der Waals surface area contributed by atoms with Crippen LogP contribution in [0, 0.1) is 0 Å². The van der Waals surface area contributed by atoms with Crippen molar-refractivity contribution in [3.8, 4) is 0 Å². The van der Waals surface area contributed by atoms with E-state index in [-0.39, 0.29) is 5.56 Å². The van der Waals surface area contributed by atoms with Gasteiger partial charge in [0.25, 0.3) is 5.56 Å². The fourth-order valence-electron chi connectivity index (χ4n) is 1.32. The first kappa shape index (κ1) is 13.8. The molecule has 0 saturated heterocycles. The van der Waals surface area contributed by atoms with E-state index < -0.39 is 0 Å². The SMILES string of the molecule is COCCOCCc1nc(COC)cc(=O)[nH]1. The maximum atomic E-state index is 11.3. The zero-order valence-corrected chi connectivity index (χ0v) is 10.2. The quantitative estimate of drug-likeness (QED) is 0.655. The monoisotopic (exact) mass is 242 g/mol. The molecule has 0 unspecified atom stereocenters. The van der Waals surface area contributed by atoms with Crippen molar-refractivity contribution < 1.29 is 14.2 Å². The highest BCUT2D eigenvalue weighted by molar-refractivity contribution is 5.01. The summed E-state index contributed by atoms with van der Waals surface area (Å²) < 4.78 is 15.1. The van der Waals surface area contributed by atoms with Gasteiger partial charge in [0, 0.05) is 26.7 Å². The van der Waals surface area contributed by atoms with Crippen molar-refractivity contribution in [3.05, 3.63) is 27.9 Å². The lowest BCUT2D eigenvalue weighted by molar-refractivity contribution is 0.0715. The predicted octanol–water partition coefficient (Wildman–Crippen LogP) is 0.122. The van der Waals surface area contributed by atoms with Crippen molar-refractivity contribution in [1.29, 1.82) is 0 Å². The summed E-state index contributed by atoms with van der Waals surface area (Å²) in [6.45, 7) is 1.94. The second-order valence-corrected chi connectivity index (χ2v) is 3.47. The molecule has 1 N–H and O–H groups in total. The Bertz CT molecular complexity index is 378. The van der Waals surface area contributed by atoms with E-state index >= 15 is 0 Å². The zero-order valence-electron chi connectivity index (χ0n) is 10.2. The molecule has 1 aromatic rings. The van der Waals surface area contributed by atoms with Crippen LogP contribution >= 0.6 is 0 Å². The number of hydrogen-bond acceptors (Lipinski definition) is 5. The molecule has 0 aliphatic rings. The Morgan fingerprint density at radius 3 is 2.76 bits per heavy atom. The third kappa shape index (κ3) is 5.58. The number of nitrogens with one attached hydrogen (secondary N) is 1. The van der Waals surface area contributed by atoms with Gasteiger partial charge in [0.05, 0.1) is 32.1 Å². The van der Waals surface area contributed by atoms with E-state index in [9.17, 15) is 4.79 Å². The van der Waals surface area contributed by atoms with Crippen LogP contribution in [0.4, 0.5) is 0 Å².